The van der Waals surface area contributed by atoms with Gasteiger partial charge in [0.1, 0.15) is 17.5 Å². The highest BCUT2D eigenvalue weighted by Gasteiger charge is 2.45. The summed E-state index contributed by atoms with van der Waals surface area (Å²) in [6, 6.07) is 17.3. The average Bonchev–Trinajstić information content (AvgIpc) is 3.67. The Morgan fingerprint density at radius 2 is 1.85 bits per heavy atom. The van der Waals surface area contributed by atoms with Crippen LogP contribution in [0.5, 0.6) is 0 Å². The molecule has 34 heavy (non-hydrogen) atoms. The van der Waals surface area contributed by atoms with Crippen molar-refractivity contribution in [2.75, 3.05) is 10.6 Å². The van der Waals surface area contributed by atoms with E-state index < -0.39 is 0 Å². The number of nitrogens with one attached hydrogen (secondary N) is 2. The second-order valence-electron chi connectivity index (χ2n) is 8.08. The van der Waals surface area contributed by atoms with E-state index in [2.05, 4.69) is 31.7 Å². The first-order valence-corrected chi connectivity index (χ1v) is 10.7. The fourth-order valence-electron chi connectivity index (χ4n) is 3.67. The molecule has 1 aromatic carbocycles. The molecule has 7 nitrogen and oxygen atoms in total. The molecule has 0 atom stereocenters. The van der Waals surface area contributed by atoms with Crippen LogP contribution in [0.1, 0.15) is 28.8 Å². The minimum Gasteiger partial charge on any atom is -0.325 e. The fraction of sp³-hybridized carbons (Fsp3) is 0.115. The van der Waals surface area contributed by atoms with Crippen LogP contribution in [0.4, 0.5) is 21.7 Å². The standard InChI is InChI=1S/C26H19FN6O/c27-22-4-2-1-3-21(22)18-11-20(15-29-13-18)32-25(34)17-7-10-30-24(12-17)33-23-6-5-19(14-31-23)26(16-28)8-9-26/h1-7,10-15H,8-9H2,(H,32,34)(H,30,31,33). The number of carbonyl (C=O) groups is 1. The Labute approximate surface area is 195 Å². The summed E-state index contributed by atoms with van der Waals surface area (Å²) in [5.41, 5.74) is 2.31. The van der Waals surface area contributed by atoms with Crippen molar-refractivity contribution in [3.8, 4) is 17.2 Å². The second kappa shape index (κ2) is 8.71. The number of amides is 1. The topological polar surface area (TPSA) is 104 Å². The number of hydrogen-bond donors (Lipinski definition) is 2. The third kappa shape index (κ3) is 4.32. The molecule has 0 spiro atoms. The van der Waals surface area contributed by atoms with Crippen LogP contribution >= 0.6 is 0 Å². The van der Waals surface area contributed by atoms with Gasteiger partial charge >= 0.3 is 0 Å². The minimum atomic E-state index is -0.389. The lowest BCUT2D eigenvalue weighted by molar-refractivity contribution is 0.102. The van der Waals surface area contributed by atoms with Gasteiger partial charge in [-0.15, -0.1) is 0 Å². The lowest BCUT2D eigenvalue weighted by Crippen LogP contribution is -2.13. The van der Waals surface area contributed by atoms with Crippen LogP contribution in [0.3, 0.4) is 0 Å². The number of nitriles is 1. The van der Waals surface area contributed by atoms with E-state index in [4.69, 9.17) is 0 Å². The molecular weight excluding hydrogens is 431 g/mol. The van der Waals surface area contributed by atoms with Crippen molar-refractivity contribution in [3.05, 3.63) is 96.3 Å². The maximum atomic E-state index is 14.1. The van der Waals surface area contributed by atoms with Gasteiger partial charge in [-0.05, 0) is 48.7 Å². The Hall–Kier alpha value is -4.64. The molecule has 1 amide bonds. The second-order valence-corrected chi connectivity index (χ2v) is 8.08. The Morgan fingerprint density at radius 3 is 2.59 bits per heavy atom. The summed E-state index contributed by atoms with van der Waals surface area (Å²) in [6.07, 6.45) is 7.98. The Morgan fingerprint density at radius 1 is 1.00 bits per heavy atom. The molecule has 0 radical (unpaired) electrons. The van der Waals surface area contributed by atoms with Crippen molar-refractivity contribution in [2.45, 2.75) is 18.3 Å². The summed E-state index contributed by atoms with van der Waals surface area (Å²) < 4.78 is 14.1. The van der Waals surface area contributed by atoms with E-state index in [-0.39, 0.29) is 17.1 Å². The first-order chi connectivity index (χ1) is 16.6. The SMILES string of the molecule is N#CC1(c2ccc(Nc3cc(C(=O)Nc4cncc(-c5ccccc5F)c4)ccn3)nc2)CC1. The van der Waals surface area contributed by atoms with Gasteiger partial charge in [0, 0.05) is 35.3 Å². The summed E-state index contributed by atoms with van der Waals surface area (Å²) >= 11 is 0. The predicted molar refractivity (Wildman–Crippen MR) is 126 cm³/mol. The Kier molecular flexibility index (Phi) is 5.44. The van der Waals surface area contributed by atoms with Crippen LogP contribution < -0.4 is 10.6 Å². The van der Waals surface area contributed by atoms with Crippen molar-refractivity contribution in [3.63, 3.8) is 0 Å². The largest absolute Gasteiger partial charge is 0.325 e. The highest BCUT2D eigenvalue weighted by atomic mass is 19.1. The molecule has 2 N–H and O–H groups in total. The van der Waals surface area contributed by atoms with E-state index >= 15 is 0 Å². The number of anilines is 3. The average molecular weight is 450 g/mol. The molecule has 3 aromatic heterocycles. The van der Waals surface area contributed by atoms with Gasteiger partial charge in [-0.3, -0.25) is 9.78 Å². The maximum absolute atomic E-state index is 14.1. The van der Waals surface area contributed by atoms with Gasteiger partial charge < -0.3 is 10.6 Å². The molecule has 4 aromatic rings. The molecule has 3 heterocycles. The van der Waals surface area contributed by atoms with Gasteiger partial charge in [0.25, 0.3) is 5.91 Å². The zero-order chi connectivity index (χ0) is 23.5. The van der Waals surface area contributed by atoms with Crippen LogP contribution in [0, 0.1) is 17.1 Å². The Balaban J connectivity index is 1.29. The number of hydrogen-bond acceptors (Lipinski definition) is 6. The van der Waals surface area contributed by atoms with E-state index in [9.17, 15) is 14.4 Å². The van der Waals surface area contributed by atoms with Gasteiger partial charge in [-0.25, -0.2) is 14.4 Å². The summed E-state index contributed by atoms with van der Waals surface area (Å²) in [7, 11) is 0. The maximum Gasteiger partial charge on any atom is 0.255 e. The number of halogens is 1. The lowest BCUT2D eigenvalue weighted by atomic mass is 10.0. The molecule has 1 saturated carbocycles. The molecule has 0 aliphatic heterocycles. The van der Waals surface area contributed by atoms with Gasteiger partial charge in [0.2, 0.25) is 0 Å². The lowest BCUT2D eigenvalue weighted by Gasteiger charge is -2.10. The molecule has 0 bridgehead atoms. The molecule has 8 heteroatoms. The smallest absolute Gasteiger partial charge is 0.255 e. The van der Waals surface area contributed by atoms with E-state index in [0.29, 0.717) is 34.0 Å². The molecule has 166 valence electrons. The van der Waals surface area contributed by atoms with Crippen LogP contribution in [0.25, 0.3) is 11.1 Å². The summed E-state index contributed by atoms with van der Waals surface area (Å²) in [4.78, 5) is 25.6. The van der Waals surface area contributed by atoms with Crippen molar-refractivity contribution < 1.29 is 9.18 Å². The summed E-state index contributed by atoms with van der Waals surface area (Å²) in [5, 5.41) is 15.2. The zero-order valence-corrected chi connectivity index (χ0v) is 18.0. The number of carbonyl (C=O) groups excluding carboxylic acids is 1. The third-order valence-corrected chi connectivity index (χ3v) is 5.74. The van der Waals surface area contributed by atoms with Crippen LogP contribution in [-0.4, -0.2) is 20.9 Å². The normalized spacial score (nSPS) is 13.5. The molecule has 0 saturated heterocycles. The number of rotatable bonds is 6. The number of pyridine rings is 3. The third-order valence-electron chi connectivity index (χ3n) is 5.74. The summed E-state index contributed by atoms with van der Waals surface area (Å²) in [5.74, 6) is 0.294. The molecule has 5 rings (SSSR count). The molecule has 1 fully saturated rings. The number of nitrogens with zero attached hydrogens (tertiary/aromatic N) is 4. The molecule has 1 aliphatic carbocycles. The van der Waals surface area contributed by atoms with Crippen LogP contribution in [0.2, 0.25) is 0 Å². The van der Waals surface area contributed by atoms with E-state index in [1.807, 2.05) is 6.07 Å². The van der Waals surface area contributed by atoms with Gasteiger partial charge in [0.15, 0.2) is 0 Å². The highest BCUT2D eigenvalue weighted by molar-refractivity contribution is 6.04. The van der Waals surface area contributed by atoms with Gasteiger partial charge in [0.05, 0.1) is 23.4 Å². The van der Waals surface area contributed by atoms with E-state index in [0.717, 1.165) is 18.4 Å². The van der Waals surface area contributed by atoms with Crippen molar-refractivity contribution in [1.29, 1.82) is 5.26 Å². The van der Waals surface area contributed by atoms with Crippen LogP contribution in [0.15, 0.2) is 79.4 Å². The molecule has 0 unspecified atom stereocenters. The summed E-state index contributed by atoms with van der Waals surface area (Å²) in [6.45, 7) is 0. The first kappa shape index (κ1) is 21.2. The van der Waals surface area contributed by atoms with E-state index in [1.54, 1.807) is 54.9 Å². The van der Waals surface area contributed by atoms with Gasteiger partial charge in [-0.2, -0.15) is 5.26 Å². The minimum absolute atomic E-state index is 0.356. The van der Waals surface area contributed by atoms with Gasteiger partial charge in [-0.1, -0.05) is 24.3 Å². The number of benzene rings is 1. The van der Waals surface area contributed by atoms with Crippen molar-refractivity contribution in [1.82, 2.24) is 15.0 Å². The molecular formula is C26H19FN6O. The quantitative estimate of drug-likeness (QED) is 0.417. The zero-order valence-electron chi connectivity index (χ0n) is 18.0. The van der Waals surface area contributed by atoms with Crippen LogP contribution in [-0.2, 0) is 5.41 Å². The Bertz CT molecular complexity index is 1410. The highest BCUT2D eigenvalue weighted by Crippen LogP contribution is 2.47. The first-order valence-electron chi connectivity index (χ1n) is 10.7. The van der Waals surface area contributed by atoms with Crippen molar-refractivity contribution in [2.24, 2.45) is 0 Å². The molecule has 1 aliphatic rings. The number of aromatic nitrogens is 3. The monoisotopic (exact) mass is 450 g/mol. The van der Waals surface area contributed by atoms with E-state index in [1.165, 1.54) is 18.5 Å². The van der Waals surface area contributed by atoms with Crippen molar-refractivity contribution >= 4 is 23.2 Å². The predicted octanol–water partition coefficient (Wildman–Crippen LogP) is 5.23. The fourth-order valence-corrected chi connectivity index (χ4v) is 3.67.